The van der Waals surface area contributed by atoms with E-state index in [0.29, 0.717) is 18.9 Å². The van der Waals surface area contributed by atoms with E-state index in [-0.39, 0.29) is 17.7 Å². The Balaban J connectivity index is 2.19. The van der Waals surface area contributed by atoms with E-state index >= 15 is 0 Å². The van der Waals surface area contributed by atoms with Gasteiger partial charge in [-0.3, -0.25) is 9.59 Å². The van der Waals surface area contributed by atoms with E-state index in [9.17, 15) is 9.59 Å². The molecule has 1 aliphatic rings. The monoisotopic (exact) mass is 255 g/mol. The van der Waals surface area contributed by atoms with E-state index < -0.39 is 0 Å². The third-order valence-corrected chi connectivity index (χ3v) is 3.69. The van der Waals surface area contributed by atoms with Crippen LogP contribution >= 0.6 is 0 Å². The van der Waals surface area contributed by atoms with E-state index in [2.05, 4.69) is 17.1 Å². The van der Waals surface area contributed by atoms with Gasteiger partial charge in [-0.25, -0.2) is 0 Å². The zero-order valence-electron chi connectivity index (χ0n) is 11.4. The highest BCUT2D eigenvalue weighted by Crippen LogP contribution is 2.11. The highest BCUT2D eigenvalue weighted by molar-refractivity contribution is 5.79. The van der Waals surface area contributed by atoms with Crippen LogP contribution in [0.2, 0.25) is 0 Å². The van der Waals surface area contributed by atoms with Crippen LogP contribution in [0.1, 0.15) is 39.5 Å². The number of carbonyl (C=O) groups is 2. The summed E-state index contributed by atoms with van der Waals surface area (Å²) in [7, 11) is 0. The van der Waals surface area contributed by atoms with Crippen LogP contribution in [-0.2, 0) is 9.59 Å². The van der Waals surface area contributed by atoms with Gasteiger partial charge in [-0.1, -0.05) is 13.8 Å². The summed E-state index contributed by atoms with van der Waals surface area (Å²) >= 11 is 0. The average molecular weight is 255 g/mol. The lowest BCUT2D eigenvalue weighted by Gasteiger charge is -2.31. The number of nitrogens with one attached hydrogen (secondary N) is 1. The molecule has 1 heterocycles. The molecule has 0 radical (unpaired) electrons. The molecule has 104 valence electrons. The quantitative estimate of drug-likeness (QED) is 0.725. The number of primary amides is 1. The molecule has 0 aromatic carbocycles. The van der Waals surface area contributed by atoms with Gasteiger partial charge < -0.3 is 16.0 Å². The number of amides is 2. The fourth-order valence-electron chi connectivity index (χ4n) is 2.18. The fourth-order valence-corrected chi connectivity index (χ4v) is 2.18. The Morgan fingerprint density at radius 3 is 2.50 bits per heavy atom. The van der Waals surface area contributed by atoms with E-state index in [1.165, 1.54) is 0 Å². The Kier molecular flexibility index (Phi) is 6.12. The maximum absolute atomic E-state index is 11.7. The van der Waals surface area contributed by atoms with Crippen LogP contribution in [0.25, 0.3) is 0 Å². The molecule has 0 bridgehead atoms. The predicted octanol–water partition coefficient (Wildman–Crippen LogP) is 0.489. The number of likely N-dealkylation sites (tertiary alicyclic amines) is 1. The SMILES string of the molecule is CCN1CCC(NC(=O)CC[C@H](C)C(N)=O)CC1. The summed E-state index contributed by atoms with van der Waals surface area (Å²) in [4.78, 5) is 25.0. The second-order valence-electron chi connectivity index (χ2n) is 5.12. The molecule has 1 fully saturated rings. The first-order valence-corrected chi connectivity index (χ1v) is 6.84. The highest BCUT2D eigenvalue weighted by atomic mass is 16.2. The fraction of sp³-hybridized carbons (Fsp3) is 0.846. The minimum Gasteiger partial charge on any atom is -0.369 e. The van der Waals surface area contributed by atoms with Gasteiger partial charge in [0, 0.05) is 31.5 Å². The summed E-state index contributed by atoms with van der Waals surface area (Å²) in [6.45, 7) is 7.11. The summed E-state index contributed by atoms with van der Waals surface area (Å²) in [6.07, 6.45) is 2.96. The number of hydrogen-bond donors (Lipinski definition) is 2. The molecular weight excluding hydrogens is 230 g/mol. The molecule has 1 atom stereocenters. The normalized spacial score (nSPS) is 19.4. The van der Waals surface area contributed by atoms with Crippen LogP contribution in [0.3, 0.4) is 0 Å². The molecule has 1 rings (SSSR count). The van der Waals surface area contributed by atoms with Gasteiger partial charge in [0.1, 0.15) is 0 Å². The Bertz CT molecular complexity index is 286. The Morgan fingerprint density at radius 1 is 1.39 bits per heavy atom. The maximum Gasteiger partial charge on any atom is 0.220 e. The lowest BCUT2D eigenvalue weighted by atomic mass is 10.0. The summed E-state index contributed by atoms with van der Waals surface area (Å²) < 4.78 is 0. The molecular formula is C13H25N3O2. The van der Waals surface area contributed by atoms with Gasteiger partial charge in [0.25, 0.3) is 0 Å². The summed E-state index contributed by atoms with van der Waals surface area (Å²) in [6, 6.07) is 0.296. The molecule has 0 aromatic rings. The van der Waals surface area contributed by atoms with Crippen LogP contribution in [0, 0.1) is 5.92 Å². The number of hydrogen-bond acceptors (Lipinski definition) is 3. The van der Waals surface area contributed by atoms with Crippen molar-refractivity contribution in [2.24, 2.45) is 11.7 Å². The number of nitrogens with zero attached hydrogens (tertiary/aromatic N) is 1. The zero-order valence-corrected chi connectivity index (χ0v) is 11.4. The van der Waals surface area contributed by atoms with Crippen molar-refractivity contribution in [3.63, 3.8) is 0 Å². The van der Waals surface area contributed by atoms with Crippen LogP contribution in [0.5, 0.6) is 0 Å². The lowest BCUT2D eigenvalue weighted by Crippen LogP contribution is -2.44. The van der Waals surface area contributed by atoms with Crippen LogP contribution < -0.4 is 11.1 Å². The van der Waals surface area contributed by atoms with Crippen molar-refractivity contribution in [3.8, 4) is 0 Å². The lowest BCUT2D eigenvalue weighted by molar-refractivity contribution is -0.123. The molecule has 1 saturated heterocycles. The van der Waals surface area contributed by atoms with Gasteiger partial charge in [0.05, 0.1) is 0 Å². The number of carbonyl (C=O) groups excluding carboxylic acids is 2. The molecule has 0 spiro atoms. The number of piperidine rings is 1. The number of nitrogens with two attached hydrogens (primary N) is 1. The largest absolute Gasteiger partial charge is 0.369 e. The van der Waals surface area contributed by atoms with E-state index in [4.69, 9.17) is 5.73 Å². The third-order valence-electron chi connectivity index (χ3n) is 3.69. The smallest absolute Gasteiger partial charge is 0.220 e. The van der Waals surface area contributed by atoms with Crippen molar-refractivity contribution in [1.29, 1.82) is 0 Å². The Hall–Kier alpha value is -1.10. The molecule has 2 amide bonds. The van der Waals surface area contributed by atoms with Crippen molar-refractivity contribution in [1.82, 2.24) is 10.2 Å². The standard InChI is InChI=1S/C13H25N3O2/c1-3-16-8-6-11(7-9-16)15-12(17)5-4-10(2)13(14)18/h10-11H,3-9H2,1-2H3,(H2,14,18)(H,15,17)/t10-/m0/s1. The third kappa shape index (κ3) is 5.04. The minimum atomic E-state index is -0.334. The number of rotatable bonds is 6. The summed E-state index contributed by atoms with van der Waals surface area (Å²) in [5, 5.41) is 3.04. The topological polar surface area (TPSA) is 75.4 Å². The van der Waals surface area contributed by atoms with Crippen molar-refractivity contribution in [2.75, 3.05) is 19.6 Å². The molecule has 0 unspecified atom stereocenters. The van der Waals surface area contributed by atoms with E-state index in [1.807, 2.05) is 0 Å². The van der Waals surface area contributed by atoms with Crippen molar-refractivity contribution in [3.05, 3.63) is 0 Å². The van der Waals surface area contributed by atoms with Gasteiger partial charge >= 0.3 is 0 Å². The van der Waals surface area contributed by atoms with Gasteiger partial charge in [-0.2, -0.15) is 0 Å². The Labute approximate surface area is 109 Å². The average Bonchev–Trinajstić information content (AvgIpc) is 2.36. The highest BCUT2D eigenvalue weighted by Gasteiger charge is 2.20. The van der Waals surface area contributed by atoms with Gasteiger partial charge in [0.15, 0.2) is 0 Å². The molecule has 0 aromatic heterocycles. The molecule has 5 heteroatoms. The van der Waals surface area contributed by atoms with Gasteiger partial charge in [-0.15, -0.1) is 0 Å². The molecule has 0 saturated carbocycles. The predicted molar refractivity (Wildman–Crippen MR) is 70.9 cm³/mol. The van der Waals surface area contributed by atoms with Crippen molar-refractivity contribution >= 4 is 11.8 Å². The second kappa shape index (κ2) is 7.36. The van der Waals surface area contributed by atoms with Crippen LogP contribution in [0.15, 0.2) is 0 Å². The van der Waals surface area contributed by atoms with Gasteiger partial charge in [0.2, 0.25) is 11.8 Å². The second-order valence-corrected chi connectivity index (χ2v) is 5.12. The zero-order chi connectivity index (χ0) is 13.5. The molecule has 1 aliphatic heterocycles. The van der Waals surface area contributed by atoms with E-state index in [0.717, 1.165) is 32.5 Å². The first-order valence-electron chi connectivity index (χ1n) is 6.84. The summed E-state index contributed by atoms with van der Waals surface area (Å²) in [5.41, 5.74) is 5.16. The first-order chi connectivity index (χ1) is 8.52. The molecule has 18 heavy (non-hydrogen) atoms. The van der Waals surface area contributed by atoms with Crippen LogP contribution in [0.4, 0.5) is 0 Å². The van der Waals surface area contributed by atoms with Crippen molar-refractivity contribution in [2.45, 2.75) is 45.6 Å². The van der Waals surface area contributed by atoms with Gasteiger partial charge in [-0.05, 0) is 25.8 Å². The van der Waals surface area contributed by atoms with Crippen LogP contribution in [-0.4, -0.2) is 42.4 Å². The summed E-state index contributed by atoms with van der Waals surface area (Å²) in [5.74, 6) is -0.519. The molecule has 5 nitrogen and oxygen atoms in total. The molecule has 3 N–H and O–H groups in total. The van der Waals surface area contributed by atoms with Crippen molar-refractivity contribution < 1.29 is 9.59 Å². The first kappa shape index (κ1) is 15.0. The minimum absolute atomic E-state index is 0.0399. The molecule has 0 aliphatic carbocycles. The maximum atomic E-state index is 11.7. The Morgan fingerprint density at radius 2 is 2.00 bits per heavy atom. The van der Waals surface area contributed by atoms with E-state index in [1.54, 1.807) is 6.92 Å².